The number of sulfone groups is 1. The first-order valence-corrected chi connectivity index (χ1v) is 11.2. The summed E-state index contributed by atoms with van der Waals surface area (Å²) >= 11 is 0. The normalized spacial score (nSPS) is 20.9. The number of sulfonamides is 1. The Morgan fingerprint density at radius 2 is 1.54 bits per heavy atom. The van der Waals surface area contributed by atoms with Crippen molar-refractivity contribution in [1.29, 1.82) is 0 Å². The Morgan fingerprint density at radius 1 is 0.962 bits per heavy atom. The zero-order chi connectivity index (χ0) is 19.2. The topological polar surface area (TPSA) is 83.6 Å². The molecule has 1 aliphatic carbocycles. The maximum Gasteiger partial charge on any atom is 0.501 e. The van der Waals surface area contributed by atoms with Crippen LogP contribution in [0.25, 0.3) is 0 Å². The molecule has 0 amide bonds. The van der Waals surface area contributed by atoms with E-state index in [0.29, 0.717) is 25.7 Å². The fourth-order valence-electron chi connectivity index (χ4n) is 3.00. The molecule has 1 saturated carbocycles. The first kappa shape index (κ1) is 19.4. The number of alkyl halides is 3. The van der Waals surface area contributed by atoms with Crippen LogP contribution in [-0.4, -0.2) is 51.0 Å². The Hall–Kier alpha value is -1.33. The Balaban J connectivity index is 1.72. The highest BCUT2D eigenvalue weighted by molar-refractivity contribution is 7.92. The van der Waals surface area contributed by atoms with Crippen molar-refractivity contribution in [2.24, 2.45) is 0 Å². The minimum atomic E-state index is -5.46. The first-order valence-electron chi connectivity index (χ1n) is 8.19. The number of anilines is 1. The van der Waals surface area contributed by atoms with E-state index in [0.717, 1.165) is 6.07 Å². The summed E-state index contributed by atoms with van der Waals surface area (Å²) in [6.07, 6.45) is 2.13. The lowest BCUT2D eigenvalue weighted by Gasteiger charge is -2.32. The van der Waals surface area contributed by atoms with Crippen LogP contribution in [0.5, 0.6) is 0 Å². The molecule has 1 N–H and O–H groups in total. The summed E-state index contributed by atoms with van der Waals surface area (Å²) < 4.78 is 87.9. The molecule has 6 nitrogen and oxygen atoms in total. The predicted octanol–water partition coefficient (Wildman–Crippen LogP) is 2.35. The maximum absolute atomic E-state index is 12.9. The van der Waals surface area contributed by atoms with Gasteiger partial charge in [-0.2, -0.15) is 13.2 Å². The minimum absolute atomic E-state index is 0.117. The van der Waals surface area contributed by atoms with E-state index in [1.807, 2.05) is 0 Å². The van der Waals surface area contributed by atoms with Gasteiger partial charge in [0.05, 0.1) is 15.8 Å². The van der Waals surface area contributed by atoms with Gasteiger partial charge in [0.15, 0.2) is 0 Å². The number of nitrogens with one attached hydrogen (secondary N) is 1. The molecule has 1 aliphatic heterocycles. The standard InChI is InChI=1S/C15H19F3N2O4S2/c16-15(17,18)25(21,22)14-4-2-1-3-13(14)19-11-7-9-20(10-8-11)26(23,24)12-5-6-12/h1-4,11-12,19H,5-10H2. The lowest BCUT2D eigenvalue weighted by atomic mass is 10.1. The van der Waals surface area contributed by atoms with Gasteiger partial charge in [-0.25, -0.2) is 21.1 Å². The fraction of sp³-hybridized carbons (Fsp3) is 0.600. The molecule has 0 radical (unpaired) electrons. The third-order valence-corrected chi connectivity index (χ3v) is 8.54. The number of hydrogen-bond acceptors (Lipinski definition) is 5. The molecule has 1 aromatic rings. The van der Waals surface area contributed by atoms with Crippen LogP contribution >= 0.6 is 0 Å². The van der Waals surface area contributed by atoms with E-state index in [-0.39, 0.29) is 30.1 Å². The van der Waals surface area contributed by atoms with E-state index >= 15 is 0 Å². The van der Waals surface area contributed by atoms with Crippen molar-refractivity contribution in [2.75, 3.05) is 18.4 Å². The van der Waals surface area contributed by atoms with Crippen LogP contribution in [0.4, 0.5) is 18.9 Å². The molecule has 146 valence electrons. The van der Waals surface area contributed by atoms with Crippen molar-refractivity contribution >= 4 is 25.5 Å². The average Bonchev–Trinajstić information content (AvgIpc) is 3.40. The molecule has 11 heteroatoms. The highest BCUT2D eigenvalue weighted by Gasteiger charge is 2.48. The Morgan fingerprint density at radius 3 is 2.08 bits per heavy atom. The second-order valence-electron chi connectivity index (χ2n) is 6.51. The third-order valence-electron chi connectivity index (χ3n) is 4.60. The van der Waals surface area contributed by atoms with Gasteiger partial charge in [0.1, 0.15) is 0 Å². The minimum Gasteiger partial charge on any atom is -0.381 e. The molecule has 2 fully saturated rings. The van der Waals surface area contributed by atoms with Crippen LogP contribution in [-0.2, 0) is 19.9 Å². The van der Waals surface area contributed by atoms with Crippen molar-refractivity contribution < 1.29 is 30.0 Å². The lowest BCUT2D eigenvalue weighted by Crippen LogP contribution is -2.43. The Labute approximate surface area is 150 Å². The van der Waals surface area contributed by atoms with E-state index in [9.17, 15) is 30.0 Å². The Bertz CT molecular complexity index is 872. The zero-order valence-electron chi connectivity index (χ0n) is 13.7. The number of benzene rings is 1. The molecule has 0 aromatic heterocycles. The van der Waals surface area contributed by atoms with Gasteiger partial charge in [0.25, 0.3) is 9.84 Å². The van der Waals surface area contributed by atoms with Crippen LogP contribution in [0.2, 0.25) is 0 Å². The van der Waals surface area contributed by atoms with Crippen molar-refractivity contribution in [1.82, 2.24) is 4.31 Å². The van der Waals surface area contributed by atoms with Gasteiger partial charge in [-0.15, -0.1) is 0 Å². The SMILES string of the molecule is O=S(=O)(C1CC1)N1CCC(Nc2ccccc2S(=O)(=O)C(F)(F)F)CC1. The van der Waals surface area contributed by atoms with E-state index in [1.165, 1.54) is 22.5 Å². The molecule has 3 rings (SSSR count). The number of rotatable bonds is 5. The molecule has 1 saturated heterocycles. The van der Waals surface area contributed by atoms with Crippen LogP contribution in [0.3, 0.4) is 0 Å². The van der Waals surface area contributed by atoms with Gasteiger partial charge in [0.2, 0.25) is 10.0 Å². The highest BCUT2D eigenvalue weighted by Crippen LogP contribution is 2.36. The predicted molar refractivity (Wildman–Crippen MR) is 89.8 cm³/mol. The lowest BCUT2D eigenvalue weighted by molar-refractivity contribution is -0.0435. The van der Waals surface area contributed by atoms with E-state index in [2.05, 4.69) is 5.32 Å². The summed E-state index contributed by atoms with van der Waals surface area (Å²) in [5.41, 5.74) is -5.50. The number of nitrogens with zero attached hydrogens (tertiary/aromatic N) is 1. The largest absolute Gasteiger partial charge is 0.501 e. The van der Waals surface area contributed by atoms with Crippen LogP contribution in [0.1, 0.15) is 25.7 Å². The van der Waals surface area contributed by atoms with Crippen molar-refractivity contribution in [3.05, 3.63) is 24.3 Å². The third kappa shape index (κ3) is 3.70. The monoisotopic (exact) mass is 412 g/mol. The summed E-state index contributed by atoms with van der Waals surface area (Å²) in [6, 6.07) is 4.58. The van der Waals surface area contributed by atoms with Crippen LogP contribution < -0.4 is 5.32 Å². The first-order chi connectivity index (χ1) is 12.0. The van der Waals surface area contributed by atoms with Crippen molar-refractivity contribution in [2.45, 2.75) is 47.4 Å². The molecule has 0 unspecified atom stereocenters. The zero-order valence-corrected chi connectivity index (χ0v) is 15.4. The van der Waals surface area contributed by atoms with Gasteiger partial charge < -0.3 is 5.32 Å². The number of halogens is 3. The number of hydrogen-bond donors (Lipinski definition) is 1. The van der Waals surface area contributed by atoms with Crippen LogP contribution in [0.15, 0.2) is 29.2 Å². The van der Waals surface area contributed by atoms with E-state index in [1.54, 1.807) is 0 Å². The summed E-state index contributed by atoms with van der Waals surface area (Å²) in [5, 5.41) is 2.54. The average molecular weight is 412 g/mol. The Kier molecular flexibility index (Phi) is 4.99. The molecule has 0 bridgehead atoms. The highest BCUT2D eigenvalue weighted by atomic mass is 32.2. The van der Waals surface area contributed by atoms with E-state index in [4.69, 9.17) is 0 Å². The fourth-order valence-corrected chi connectivity index (χ4v) is 5.79. The summed E-state index contributed by atoms with van der Waals surface area (Å²) in [4.78, 5) is -0.819. The molecule has 1 aromatic carbocycles. The quantitative estimate of drug-likeness (QED) is 0.803. The maximum atomic E-state index is 12.9. The smallest absolute Gasteiger partial charge is 0.381 e. The van der Waals surface area contributed by atoms with Crippen molar-refractivity contribution in [3.63, 3.8) is 0 Å². The van der Waals surface area contributed by atoms with Gasteiger partial charge in [0, 0.05) is 19.1 Å². The second kappa shape index (κ2) is 6.68. The molecule has 1 heterocycles. The van der Waals surface area contributed by atoms with Gasteiger partial charge in [-0.05, 0) is 37.8 Å². The van der Waals surface area contributed by atoms with E-state index < -0.39 is 30.3 Å². The van der Waals surface area contributed by atoms with Gasteiger partial charge >= 0.3 is 5.51 Å². The van der Waals surface area contributed by atoms with Crippen molar-refractivity contribution in [3.8, 4) is 0 Å². The summed E-state index contributed by atoms with van der Waals surface area (Å²) in [5.74, 6) is 0. The van der Waals surface area contributed by atoms with Crippen LogP contribution in [0, 0.1) is 0 Å². The summed E-state index contributed by atoms with van der Waals surface area (Å²) in [7, 11) is -8.74. The molecule has 26 heavy (non-hydrogen) atoms. The molecular weight excluding hydrogens is 393 g/mol. The second-order valence-corrected chi connectivity index (χ2v) is 10.6. The molecule has 2 aliphatic rings. The molecular formula is C15H19F3N2O4S2. The number of piperidine rings is 1. The molecule has 0 atom stereocenters. The molecule has 0 spiro atoms. The number of para-hydroxylation sites is 1. The van der Waals surface area contributed by atoms with Gasteiger partial charge in [-0.1, -0.05) is 12.1 Å². The van der Waals surface area contributed by atoms with Gasteiger partial charge in [-0.3, -0.25) is 0 Å². The summed E-state index contributed by atoms with van der Waals surface area (Å²) in [6.45, 7) is 0.537.